The summed E-state index contributed by atoms with van der Waals surface area (Å²) in [5.41, 5.74) is 0. The van der Waals surface area contributed by atoms with Crippen LogP contribution in [-0.4, -0.2) is 45.7 Å². The molecule has 1 unspecified atom stereocenters. The SMILES string of the molecule is FCCNCC1COCCO1. The summed E-state index contributed by atoms with van der Waals surface area (Å²) in [6.45, 7) is 2.72. The van der Waals surface area contributed by atoms with Gasteiger partial charge in [-0.25, -0.2) is 4.39 Å². The highest BCUT2D eigenvalue weighted by Gasteiger charge is 2.12. The molecular formula is C7H14FNO2. The molecule has 1 atom stereocenters. The second kappa shape index (κ2) is 5.46. The first kappa shape index (κ1) is 8.90. The largest absolute Gasteiger partial charge is 0.376 e. The lowest BCUT2D eigenvalue weighted by molar-refractivity contribution is -0.0863. The lowest BCUT2D eigenvalue weighted by Gasteiger charge is -2.22. The molecule has 1 rings (SSSR count). The van der Waals surface area contributed by atoms with Gasteiger partial charge in [-0.05, 0) is 0 Å². The Balaban J connectivity index is 1.96. The summed E-state index contributed by atoms with van der Waals surface area (Å²) in [6, 6.07) is 0. The van der Waals surface area contributed by atoms with Gasteiger partial charge in [-0.1, -0.05) is 0 Å². The maximum absolute atomic E-state index is 11.6. The fraction of sp³-hybridized carbons (Fsp3) is 1.00. The molecule has 1 heterocycles. The molecule has 0 amide bonds. The minimum absolute atomic E-state index is 0.107. The predicted molar refractivity (Wildman–Crippen MR) is 39.4 cm³/mol. The van der Waals surface area contributed by atoms with E-state index in [9.17, 15) is 4.39 Å². The number of rotatable bonds is 4. The van der Waals surface area contributed by atoms with Crippen LogP contribution in [0.25, 0.3) is 0 Å². The Hall–Kier alpha value is -0.190. The molecule has 1 N–H and O–H groups in total. The van der Waals surface area contributed by atoms with Gasteiger partial charge in [-0.2, -0.15) is 0 Å². The Kier molecular flexibility index (Phi) is 4.42. The zero-order chi connectivity index (χ0) is 7.94. The number of alkyl halides is 1. The molecule has 0 spiro atoms. The molecule has 1 fully saturated rings. The van der Waals surface area contributed by atoms with Crippen molar-refractivity contribution in [1.29, 1.82) is 0 Å². The molecule has 4 heteroatoms. The van der Waals surface area contributed by atoms with Crippen LogP contribution in [0.5, 0.6) is 0 Å². The lowest BCUT2D eigenvalue weighted by Crippen LogP contribution is -2.37. The van der Waals surface area contributed by atoms with Crippen LogP contribution in [0.2, 0.25) is 0 Å². The first-order valence-electron chi connectivity index (χ1n) is 3.89. The number of hydrogen-bond donors (Lipinski definition) is 1. The van der Waals surface area contributed by atoms with Gasteiger partial charge in [0, 0.05) is 13.1 Å². The van der Waals surface area contributed by atoms with Gasteiger partial charge in [-0.15, -0.1) is 0 Å². The average Bonchev–Trinajstić information content (AvgIpc) is 2.07. The Morgan fingerprint density at radius 1 is 1.45 bits per heavy atom. The van der Waals surface area contributed by atoms with E-state index in [-0.39, 0.29) is 12.8 Å². The third kappa shape index (κ3) is 3.65. The van der Waals surface area contributed by atoms with Crippen molar-refractivity contribution in [3.8, 4) is 0 Å². The van der Waals surface area contributed by atoms with Gasteiger partial charge in [0.25, 0.3) is 0 Å². The average molecular weight is 163 g/mol. The van der Waals surface area contributed by atoms with E-state index < -0.39 is 0 Å². The van der Waals surface area contributed by atoms with E-state index in [2.05, 4.69) is 5.32 Å². The molecule has 0 aliphatic carbocycles. The molecule has 3 nitrogen and oxygen atoms in total. The molecule has 0 aromatic carbocycles. The molecule has 0 radical (unpaired) electrons. The van der Waals surface area contributed by atoms with Crippen molar-refractivity contribution in [2.45, 2.75) is 6.10 Å². The zero-order valence-corrected chi connectivity index (χ0v) is 6.51. The van der Waals surface area contributed by atoms with E-state index in [0.717, 1.165) is 0 Å². The summed E-state index contributed by atoms with van der Waals surface area (Å²) in [5, 5.41) is 2.92. The Morgan fingerprint density at radius 3 is 3.00 bits per heavy atom. The van der Waals surface area contributed by atoms with E-state index in [1.165, 1.54) is 0 Å². The molecule has 66 valence electrons. The second-order valence-electron chi connectivity index (χ2n) is 2.46. The molecule has 1 saturated heterocycles. The quantitative estimate of drug-likeness (QED) is 0.590. The fourth-order valence-electron chi connectivity index (χ4n) is 0.984. The van der Waals surface area contributed by atoms with Gasteiger partial charge < -0.3 is 14.8 Å². The van der Waals surface area contributed by atoms with Crippen molar-refractivity contribution >= 4 is 0 Å². The van der Waals surface area contributed by atoms with E-state index in [1.807, 2.05) is 0 Å². The molecule has 0 aromatic rings. The highest BCUT2D eigenvalue weighted by molar-refractivity contribution is 4.63. The van der Waals surface area contributed by atoms with E-state index in [0.29, 0.717) is 32.9 Å². The van der Waals surface area contributed by atoms with Gasteiger partial charge >= 0.3 is 0 Å². The Bertz CT molecular complexity index is 96.4. The molecular weight excluding hydrogens is 149 g/mol. The maximum atomic E-state index is 11.6. The molecule has 1 aliphatic heterocycles. The summed E-state index contributed by atoms with van der Waals surface area (Å²) in [6.07, 6.45) is 0.107. The van der Waals surface area contributed by atoms with Crippen LogP contribution < -0.4 is 5.32 Å². The van der Waals surface area contributed by atoms with Crippen LogP contribution in [0.15, 0.2) is 0 Å². The molecule has 11 heavy (non-hydrogen) atoms. The smallest absolute Gasteiger partial charge is 0.102 e. The van der Waals surface area contributed by atoms with Gasteiger partial charge in [0.2, 0.25) is 0 Å². The monoisotopic (exact) mass is 163 g/mol. The summed E-state index contributed by atoms with van der Waals surface area (Å²) >= 11 is 0. The number of nitrogens with one attached hydrogen (secondary N) is 1. The normalized spacial score (nSPS) is 25.4. The first-order valence-corrected chi connectivity index (χ1v) is 3.89. The van der Waals surface area contributed by atoms with E-state index in [4.69, 9.17) is 9.47 Å². The minimum atomic E-state index is -0.326. The zero-order valence-electron chi connectivity index (χ0n) is 6.51. The number of halogens is 1. The highest BCUT2D eigenvalue weighted by Crippen LogP contribution is 1.98. The predicted octanol–water partition coefficient (Wildman–Crippen LogP) is -0.0391. The summed E-state index contributed by atoms with van der Waals surface area (Å²) < 4.78 is 22.1. The lowest BCUT2D eigenvalue weighted by atomic mass is 10.3. The third-order valence-electron chi connectivity index (χ3n) is 1.53. The molecule has 1 aliphatic rings. The van der Waals surface area contributed by atoms with Gasteiger partial charge in [0.05, 0.1) is 25.9 Å². The summed E-state index contributed by atoms with van der Waals surface area (Å²) in [5.74, 6) is 0. The third-order valence-corrected chi connectivity index (χ3v) is 1.53. The second-order valence-corrected chi connectivity index (χ2v) is 2.46. The molecule has 0 saturated carbocycles. The highest BCUT2D eigenvalue weighted by atomic mass is 19.1. The summed E-state index contributed by atoms with van der Waals surface area (Å²) in [7, 11) is 0. The summed E-state index contributed by atoms with van der Waals surface area (Å²) in [4.78, 5) is 0. The Morgan fingerprint density at radius 2 is 2.36 bits per heavy atom. The van der Waals surface area contributed by atoms with Crippen LogP contribution in [0.3, 0.4) is 0 Å². The van der Waals surface area contributed by atoms with Crippen LogP contribution in [-0.2, 0) is 9.47 Å². The number of ether oxygens (including phenoxy) is 2. The van der Waals surface area contributed by atoms with Crippen molar-refractivity contribution in [3.63, 3.8) is 0 Å². The van der Waals surface area contributed by atoms with E-state index >= 15 is 0 Å². The van der Waals surface area contributed by atoms with Gasteiger partial charge in [0.1, 0.15) is 6.67 Å². The van der Waals surface area contributed by atoms with Gasteiger partial charge in [-0.3, -0.25) is 0 Å². The van der Waals surface area contributed by atoms with Crippen molar-refractivity contribution in [2.24, 2.45) is 0 Å². The number of hydrogen-bond acceptors (Lipinski definition) is 3. The van der Waals surface area contributed by atoms with Crippen molar-refractivity contribution in [2.75, 3.05) is 39.6 Å². The molecule has 0 aromatic heterocycles. The Labute approximate surface area is 65.9 Å². The van der Waals surface area contributed by atoms with Crippen molar-refractivity contribution in [1.82, 2.24) is 5.32 Å². The first-order chi connectivity index (χ1) is 5.43. The standard InChI is InChI=1S/C7H14FNO2/c8-1-2-9-5-7-6-10-3-4-11-7/h7,9H,1-6H2. The van der Waals surface area contributed by atoms with E-state index in [1.54, 1.807) is 0 Å². The minimum Gasteiger partial charge on any atom is -0.376 e. The fourth-order valence-corrected chi connectivity index (χ4v) is 0.984. The molecule has 0 bridgehead atoms. The van der Waals surface area contributed by atoms with Gasteiger partial charge in [0.15, 0.2) is 0 Å². The van der Waals surface area contributed by atoms with Crippen molar-refractivity contribution < 1.29 is 13.9 Å². The van der Waals surface area contributed by atoms with Crippen LogP contribution in [0.4, 0.5) is 4.39 Å². The van der Waals surface area contributed by atoms with Crippen molar-refractivity contribution in [3.05, 3.63) is 0 Å². The topological polar surface area (TPSA) is 30.5 Å². The van der Waals surface area contributed by atoms with Crippen LogP contribution >= 0.6 is 0 Å². The van der Waals surface area contributed by atoms with Crippen LogP contribution in [0, 0.1) is 0 Å². The maximum Gasteiger partial charge on any atom is 0.102 e. The van der Waals surface area contributed by atoms with Crippen LogP contribution in [0.1, 0.15) is 0 Å².